The molecule has 1 aliphatic heterocycles. The number of ether oxygens (including phenoxy) is 1. The van der Waals surface area contributed by atoms with Gasteiger partial charge in [0.2, 0.25) is 0 Å². The number of benzene rings is 1. The van der Waals surface area contributed by atoms with E-state index in [0.29, 0.717) is 25.2 Å². The van der Waals surface area contributed by atoms with Crippen LogP contribution >= 0.6 is 0 Å². The Hall–Kier alpha value is -1.39. The number of hydrogen-bond acceptors (Lipinski definition) is 3. The minimum atomic E-state index is -0.904. The van der Waals surface area contributed by atoms with E-state index in [0.717, 1.165) is 5.56 Å². The van der Waals surface area contributed by atoms with Gasteiger partial charge in [-0.15, -0.1) is 0 Å². The molecular weight excluding hydrogens is 218 g/mol. The Morgan fingerprint density at radius 3 is 2.94 bits per heavy atom. The molecule has 1 aromatic carbocycles. The molecule has 1 unspecified atom stereocenters. The standard InChI is InChI=1S/C13H17NO3/c1-10-4-2-3-5-11(10)12(15)14-8-13(16)6-7-17-9-13/h2-5,16H,6-9H2,1H3,(H,14,15). The maximum absolute atomic E-state index is 11.9. The first-order valence-corrected chi connectivity index (χ1v) is 5.75. The molecule has 17 heavy (non-hydrogen) atoms. The number of carbonyl (C=O) groups is 1. The lowest BCUT2D eigenvalue weighted by Crippen LogP contribution is -2.43. The quantitative estimate of drug-likeness (QED) is 0.817. The van der Waals surface area contributed by atoms with Crippen molar-refractivity contribution in [3.05, 3.63) is 35.4 Å². The average molecular weight is 235 g/mol. The van der Waals surface area contributed by atoms with E-state index in [1.165, 1.54) is 0 Å². The third-order valence-corrected chi connectivity index (χ3v) is 3.05. The molecule has 4 heteroatoms. The van der Waals surface area contributed by atoms with Crippen molar-refractivity contribution in [2.45, 2.75) is 18.9 Å². The SMILES string of the molecule is Cc1ccccc1C(=O)NCC1(O)CCOC1. The van der Waals surface area contributed by atoms with Crippen LogP contribution in [0.2, 0.25) is 0 Å². The summed E-state index contributed by atoms with van der Waals surface area (Å²) < 4.78 is 5.12. The maximum atomic E-state index is 11.9. The second-order valence-electron chi connectivity index (χ2n) is 4.52. The molecule has 92 valence electrons. The van der Waals surface area contributed by atoms with Crippen LogP contribution in [0.5, 0.6) is 0 Å². The van der Waals surface area contributed by atoms with Gasteiger partial charge in [0.25, 0.3) is 5.91 Å². The van der Waals surface area contributed by atoms with Crippen LogP contribution in [0.15, 0.2) is 24.3 Å². The summed E-state index contributed by atoms with van der Waals surface area (Å²) in [5, 5.41) is 12.8. The highest BCUT2D eigenvalue weighted by Gasteiger charge is 2.32. The first kappa shape index (κ1) is 12.1. The van der Waals surface area contributed by atoms with Gasteiger partial charge in [0.15, 0.2) is 0 Å². The van der Waals surface area contributed by atoms with Crippen molar-refractivity contribution in [2.75, 3.05) is 19.8 Å². The largest absolute Gasteiger partial charge is 0.386 e. The van der Waals surface area contributed by atoms with Gasteiger partial charge in [-0.3, -0.25) is 4.79 Å². The number of amides is 1. The van der Waals surface area contributed by atoms with Crippen molar-refractivity contribution in [1.29, 1.82) is 0 Å². The molecule has 1 amide bonds. The van der Waals surface area contributed by atoms with Crippen molar-refractivity contribution in [3.8, 4) is 0 Å². The zero-order valence-corrected chi connectivity index (χ0v) is 9.90. The summed E-state index contributed by atoms with van der Waals surface area (Å²) in [4.78, 5) is 11.9. The second kappa shape index (κ2) is 4.85. The molecule has 1 saturated heterocycles. The summed E-state index contributed by atoms with van der Waals surface area (Å²) in [5.74, 6) is -0.150. The van der Waals surface area contributed by atoms with Crippen LogP contribution in [0, 0.1) is 6.92 Å². The van der Waals surface area contributed by atoms with Crippen molar-refractivity contribution in [3.63, 3.8) is 0 Å². The zero-order chi connectivity index (χ0) is 12.3. The number of hydrogen-bond donors (Lipinski definition) is 2. The van der Waals surface area contributed by atoms with Crippen LogP contribution in [-0.2, 0) is 4.74 Å². The van der Waals surface area contributed by atoms with Crippen molar-refractivity contribution in [2.24, 2.45) is 0 Å². The first-order chi connectivity index (χ1) is 8.11. The van der Waals surface area contributed by atoms with Crippen LogP contribution in [-0.4, -0.2) is 36.4 Å². The Morgan fingerprint density at radius 1 is 1.53 bits per heavy atom. The highest BCUT2D eigenvalue weighted by molar-refractivity contribution is 5.95. The van der Waals surface area contributed by atoms with Crippen LogP contribution < -0.4 is 5.32 Å². The number of aliphatic hydroxyl groups is 1. The van der Waals surface area contributed by atoms with Crippen LogP contribution in [0.25, 0.3) is 0 Å². The molecule has 2 rings (SSSR count). The van der Waals surface area contributed by atoms with E-state index in [1.807, 2.05) is 25.1 Å². The minimum Gasteiger partial charge on any atom is -0.386 e. The smallest absolute Gasteiger partial charge is 0.251 e. The number of carbonyl (C=O) groups excluding carboxylic acids is 1. The molecule has 1 atom stereocenters. The van der Waals surface area contributed by atoms with Gasteiger partial charge < -0.3 is 15.2 Å². The van der Waals surface area contributed by atoms with E-state index in [-0.39, 0.29) is 12.5 Å². The van der Waals surface area contributed by atoms with Gasteiger partial charge in [-0.2, -0.15) is 0 Å². The van der Waals surface area contributed by atoms with E-state index < -0.39 is 5.60 Å². The van der Waals surface area contributed by atoms with E-state index >= 15 is 0 Å². The van der Waals surface area contributed by atoms with Gasteiger partial charge in [0.05, 0.1) is 6.61 Å². The molecule has 4 nitrogen and oxygen atoms in total. The Kier molecular flexibility index (Phi) is 3.45. The van der Waals surface area contributed by atoms with Crippen LogP contribution in [0.4, 0.5) is 0 Å². The fourth-order valence-electron chi connectivity index (χ4n) is 1.90. The fourth-order valence-corrected chi connectivity index (χ4v) is 1.90. The Morgan fingerprint density at radius 2 is 2.29 bits per heavy atom. The molecule has 0 saturated carbocycles. The summed E-state index contributed by atoms with van der Waals surface area (Å²) in [6, 6.07) is 7.39. The normalized spacial score (nSPS) is 23.6. The molecule has 2 N–H and O–H groups in total. The van der Waals surface area contributed by atoms with Gasteiger partial charge >= 0.3 is 0 Å². The number of nitrogens with one attached hydrogen (secondary N) is 1. The summed E-state index contributed by atoms with van der Waals surface area (Å²) in [5.41, 5.74) is 0.674. The summed E-state index contributed by atoms with van der Waals surface area (Å²) in [6.07, 6.45) is 0.570. The van der Waals surface area contributed by atoms with E-state index in [9.17, 15) is 9.90 Å². The third-order valence-electron chi connectivity index (χ3n) is 3.05. The van der Waals surface area contributed by atoms with Crippen molar-refractivity contribution >= 4 is 5.91 Å². The lowest BCUT2D eigenvalue weighted by Gasteiger charge is -2.20. The fraction of sp³-hybridized carbons (Fsp3) is 0.462. The van der Waals surface area contributed by atoms with Crippen LogP contribution in [0.1, 0.15) is 22.3 Å². The maximum Gasteiger partial charge on any atom is 0.251 e. The summed E-state index contributed by atoms with van der Waals surface area (Å²) in [7, 11) is 0. The lowest BCUT2D eigenvalue weighted by molar-refractivity contribution is 0.0264. The first-order valence-electron chi connectivity index (χ1n) is 5.75. The molecule has 0 spiro atoms. The molecule has 0 aromatic heterocycles. The number of rotatable bonds is 3. The molecule has 0 radical (unpaired) electrons. The van der Waals surface area contributed by atoms with E-state index in [1.54, 1.807) is 6.07 Å². The topological polar surface area (TPSA) is 58.6 Å². The molecule has 0 aliphatic carbocycles. The van der Waals surface area contributed by atoms with Crippen molar-refractivity contribution in [1.82, 2.24) is 5.32 Å². The molecule has 1 fully saturated rings. The van der Waals surface area contributed by atoms with Crippen molar-refractivity contribution < 1.29 is 14.6 Å². The average Bonchev–Trinajstić information content (AvgIpc) is 2.74. The van der Waals surface area contributed by atoms with Crippen LogP contribution in [0.3, 0.4) is 0 Å². The minimum absolute atomic E-state index is 0.150. The Balaban J connectivity index is 1.96. The highest BCUT2D eigenvalue weighted by atomic mass is 16.5. The molecular formula is C13H17NO3. The predicted octanol–water partition coefficient (Wildman–Crippen LogP) is 0.876. The zero-order valence-electron chi connectivity index (χ0n) is 9.90. The molecule has 1 aromatic rings. The molecule has 0 bridgehead atoms. The predicted molar refractivity (Wildman–Crippen MR) is 63.9 cm³/mol. The molecule has 1 aliphatic rings. The van der Waals surface area contributed by atoms with Gasteiger partial charge in [-0.1, -0.05) is 18.2 Å². The van der Waals surface area contributed by atoms with Gasteiger partial charge in [-0.25, -0.2) is 0 Å². The van der Waals surface area contributed by atoms with E-state index in [4.69, 9.17) is 4.74 Å². The Labute approximate surface area is 101 Å². The second-order valence-corrected chi connectivity index (χ2v) is 4.52. The number of aryl methyl sites for hydroxylation is 1. The van der Waals surface area contributed by atoms with E-state index in [2.05, 4.69) is 5.32 Å². The van der Waals surface area contributed by atoms with Gasteiger partial charge in [0.1, 0.15) is 5.60 Å². The highest BCUT2D eigenvalue weighted by Crippen LogP contribution is 2.17. The monoisotopic (exact) mass is 235 g/mol. The van der Waals surface area contributed by atoms with Gasteiger partial charge in [0, 0.05) is 25.1 Å². The lowest BCUT2D eigenvalue weighted by atomic mass is 10.0. The summed E-state index contributed by atoms with van der Waals surface area (Å²) in [6.45, 7) is 2.97. The Bertz CT molecular complexity index is 411. The van der Waals surface area contributed by atoms with Gasteiger partial charge in [-0.05, 0) is 18.6 Å². The summed E-state index contributed by atoms with van der Waals surface area (Å²) >= 11 is 0. The third kappa shape index (κ3) is 2.84. The molecule has 1 heterocycles.